The maximum Gasteiger partial charge on any atom is 0.322 e. The van der Waals surface area contributed by atoms with Crippen LogP contribution in [0.5, 0.6) is 0 Å². The van der Waals surface area contributed by atoms with Crippen LogP contribution < -0.4 is 27.8 Å². The maximum absolute atomic E-state index is 12.9. The molecule has 1 rings (SSSR count). The number of likely N-dealkylation sites (tertiary alicyclic amines) is 1. The molecule has 1 fully saturated rings. The highest BCUT2D eigenvalue weighted by Gasteiger charge is 2.38. The van der Waals surface area contributed by atoms with E-state index in [0.717, 1.165) is 4.90 Å². The minimum absolute atomic E-state index is 0.0994. The van der Waals surface area contributed by atoms with Crippen LogP contribution in [-0.2, 0) is 24.0 Å². The van der Waals surface area contributed by atoms with Gasteiger partial charge in [0.2, 0.25) is 17.7 Å². The first-order chi connectivity index (χ1) is 14.5. The van der Waals surface area contributed by atoms with Crippen molar-refractivity contribution in [3.8, 4) is 0 Å². The molecule has 1 aliphatic heterocycles. The molecule has 3 amide bonds. The predicted molar refractivity (Wildman–Crippen MR) is 107 cm³/mol. The number of carboxylic acids is 2. The Bertz CT molecular complexity index is 724. The molecule has 14 heteroatoms. The van der Waals surface area contributed by atoms with Crippen LogP contribution in [-0.4, -0.2) is 88.5 Å². The number of rotatable bonds is 12. The summed E-state index contributed by atoms with van der Waals surface area (Å²) in [4.78, 5) is 64.2. The SMILES string of the molecule is NC(N)=NCCCC(N)C(=O)NC(CC(=O)O)C(=O)N1CCCC1C(=O)NCC(=O)O. The molecule has 1 aliphatic rings. The Balaban J connectivity index is 2.78. The van der Waals surface area contributed by atoms with Crippen LogP contribution in [0.3, 0.4) is 0 Å². The summed E-state index contributed by atoms with van der Waals surface area (Å²) in [5, 5.41) is 22.4. The number of guanidine groups is 1. The molecule has 10 N–H and O–H groups in total. The molecule has 0 bridgehead atoms. The summed E-state index contributed by atoms with van der Waals surface area (Å²) < 4.78 is 0. The van der Waals surface area contributed by atoms with Crippen LogP contribution in [0, 0.1) is 0 Å². The van der Waals surface area contributed by atoms with Gasteiger partial charge in [0.05, 0.1) is 12.5 Å². The highest BCUT2D eigenvalue weighted by Crippen LogP contribution is 2.19. The molecule has 0 aromatic carbocycles. The van der Waals surface area contributed by atoms with Gasteiger partial charge in [-0.2, -0.15) is 0 Å². The lowest BCUT2D eigenvalue weighted by molar-refractivity contribution is -0.146. The van der Waals surface area contributed by atoms with Crippen molar-refractivity contribution in [1.29, 1.82) is 0 Å². The normalized spacial score (nSPS) is 17.3. The average molecular weight is 443 g/mol. The molecule has 3 unspecified atom stereocenters. The second-order valence-corrected chi connectivity index (χ2v) is 7.02. The third-order valence-electron chi connectivity index (χ3n) is 4.55. The van der Waals surface area contributed by atoms with Crippen molar-refractivity contribution in [2.24, 2.45) is 22.2 Å². The van der Waals surface area contributed by atoms with Gasteiger partial charge >= 0.3 is 11.9 Å². The summed E-state index contributed by atoms with van der Waals surface area (Å²) in [5.74, 6) is -4.81. The zero-order valence-electron chi connectivity index (χ0n) is 17.0. The van der Waals surface area contributed by atoms with E-state index in [2.05, 4.69) is 15.6 Å². The molecule has 174 valence electrons. The van der Waals surface area contributed by atoms with E-state index in [4.69, 9.17) is 27.4 Å². The summed E-state index contributed by atoms with van der Waals surface area (Å²) in [6.07, 6.45) is 0.637. The van der Waals surface area contributed by atoms with Crippen molar-refractivity contribution in [1.82, 2.24) is 15.5 Å². The standard InChI is InChI=1S/C17H29N7O7/c18-9(3-1-5-21-17(19)20)14(29)23-10(7-12(25)26)16(31)24-6-2-4-11(24)15(30)22-8-13(27)28/h9-11H,1-8,18H2,(H,22,30)(H,23,29)(H,25,26)(H,27,28)(H4,19,20,21). The third kappa shape index (κ3) is 8.86. The summed E-state index contributed by atoms with van der Waals surface area (Å²) >= 11 is 0. The lowest BCUT2D eigenvalue weighted by Gasteiger charge is -2.28. The molecule has 1 saturated heterocycles. The van der Waals surface area contributed by atoms with Crippen molar-refractivity contribution < 1.29 is 34.2 Å². The van der Waals surface area contributed by atoms with Crippen LogP contribution in [0.25, 0.3) is 0 Å². The molecular weight excluding hydrogens is 414 g/mol. The van der Waals surface area contributed by atoms with Crippen molar-refractivity contribution >= 4 is 35.6 Å². The molecule has 0 radical (unpaired) electrons. The smallest absolute Gasteiger partial charge is 0.322 e. The van der Waals surface area contributed by atoms with Gasteiger partial charge in [-0.25, -0.2) is 0 Å². The van der Waals surface area contributed by atoms with Gasteiger partial charge in [0.25, 0.3) is 0 Å². The number of hydrogen-bond donors (Lipinski definition) is 7. The number of nitrogens with one attached hydrogen (secondary N) is 2. The van der Waals surface area contributed by atoms with E-state index in [0.29, 0.717) is 12.8 Å². The van der Waals surface area contributed by atoms with Crippen molar-refractivity contribution in [2.75, 3.05) is 19.6 Å². The highest BCUT2D eigenvalue weighted by molar-refractivity contribution is 5.95. The molecule has 14 nitrogen and oxygen atoms in total. The minimum Gasteiger partial charge on any atom is -0.481 e. The van der Waals surface area contributed by atoms with Crippen LogP contribution in [0.4, 0.5) is 0 Å². The van der Waals surface area contributed by atoms with Gasteiger partial charge in [0, 0.05) is 13.1 Å². The second-order valence-electron chi connectivity index (χ2n) is 7.02. The summed E-state index contributed by atoms with van der Waals surface area (Å²) in [5.41, 5.74) is 16.2. The number of hydrogen-bond acceptors (Lipinski definition) is 7. The number of amides is 3. The van der Waals surface area contributed by atoms with E-state index in [1.54, 1.807) is 0 Å². The van der Waals surface area contributed by atoms with Gasteiger partial charge in [-0.05, 0) is 25.7 Å². The fraction of sp³-hybridized carbons (Fsp3) is 0.647. The van der Waals surface area contributed by atoms with E-state index in [-0.39, 0.29) is 31.9 Å². The maximum atomic E-state index is 12.9. The van der Waals surface area contributed by atoms with Crippen LogP contribution in [0.15, 0.2) is 4.99 Å². The Morgan fingerprint density at radius 1 is 1.13 bits per heavy atom. The summed E-state index contributed by atoms with van der Waals surface area (Å²) in [6.45, 7) is -0.191. The molecule has 1 heterocycles. The Kier molecular flexibility index (Phi) is 10.2. The monoisotopic (exact) mass is 443 g/mol. The lowest BCUT2D eigenvalue weighted by Crippen LogP contribution is -2.56. The number of carbonyl (C=O) groups is 5. The first-order valence-electron chi connectivity index (χ1n) is 9.66. The Hall–Kier alpha value is -3.42. The number of nitrogens with zero attached hydrogens (tertiary/aromatic N) is 2. The topological polar surface area (TPSA) is 244 Å². The Morgan fingerprint density at radius 3 is 2.39 bits per heavy atom. The molecule has 3 atom stereocenters. The first kappa shape index (κ1) is 25.6. The number of carboxylic acid groups (broad SMARTS) is 2. The van der Waals surface area contributed by atoms with E-state index in [1.807, 2.05) is 0 Å². The van der Waals surface area contributed by atoms with E-state index in [9.17, 15) is 24.0 Å². The van der Waals surface area contributed by atoms with Gasteiger partial charge in [-0.3, -0.25) is 29.0 Å². The summed E-state index contributed by atoms with van der Waals surface area (Å²) in [6, 6.07) is -3.40. The fourth-order valence-corrected chi connectivity index (χ4v) is 3.09. The van der Waals surface area contributed by atoms with Gasteiger partial charge in [-0.1, -0.05) is 0 Å². The molecule has 0 aliphatic carbocycles. The number of aliphatic carboxylic acids is 2. The Morgan fingerprint density at radius 2 is 1.81 bits per heavy atom. The molecule has 0 aromatic rings. The average Bonchev–Trinajstić information content (AvgIpc) is 3.17. The molecular formula is C17H29N7O7. The summed E-state index contributed by atoms with van der Waals surface area (Å²) in [7, 11) is 0. The van der Waals surface area contributed by atoms with Crippen LogP contribution >= 0.6 is 0 Å². The Labute approximate surface area is 178 Å². The van der Waals surface area contributed by atoms with Crippen molar-refractivity contribution in [2.45, 2.75) is 50.2 Å². The first-order valence-corrected chi connectivity index (χ1v) is 9.66. The lowest BCUT2D eigenvalue weighted by atomic mass is 10.1. The van der Waals surface area contributed by atoms with Crippen molar-refractivity contribution in [3.63, 3.8) is 0 Å². The van der Waals surface area contributed by atoms with Gasteiger partial charge in [-0.15, -0.1) is 0 Å². The van der Waals surface area contributed by atoms with Crippen molar-refractivity contribution in [3.05, 3.63) is 0 Å². The van der Waals surface area contributed by atoms with E-state index in [1.165, 1.54) is 0 Å². The minimum atomic E-state index is -1.43. The largest absolute Gasteiger partial charge is 0.481 e. The number of carbonyl (C=O) groups excluding carboxylic acids is 3. The van der Waals surface area contributed by atoms with E-state index >= 15 is 0 Å². The highest BCUT2D eigenvalue weighted by atomic mass is 16.4. The number of nitrogens with two attached hydrogens (primary N) is 3. The van der Waals surface area contributed by atoms with Crippen LogP contribution in [0.1, 0.15) is 32.1 Å². The molecule has 0 saturated carbocycles. The zero-order valence-corrected chi connectivity index (χ0v) is 17.0. The van der Waals surface area contributed by atoms with Gasteiger partial charge in [0.1, 0.15) is 18.6 Å². The van der Waals surface area contributed by atoms with Crippen LogP contribution in [0.2, 0.25) is 0 Å². The van der Waals surface area contributed by atoms with Gasteiger partial charge in [0.15, 0.2) is 5.96 Å². The predicted octanol–water partition coefficient (Wildman–Crippen LogP) is -3.48. The third-order valence-corrected chi connectivity index (χ3v) is 4.55. The molecule has 0 spiro atoms. The number of aliphatic imine (C=N–C) groups is 1. The molecule has 31 heavy (non-hydrogen) atoms. The second kappa shape index (κ2) is 12.3. The quantitative estimate of drug-likeness (QED) is 0.0891. The molecule has 0 aromatic heterocycles. The van der Waals surface area contributed by atoms with Gasteiger partial charge < -0.3 is 42.9 Å². The van der Waals surface area contributed by atoms with E-state index < -0.39 is 60.8 Å². The fourth-order valence-electron chi connectivity index (χ4n) is 3.09. The zero-order chi connectivity index (χ0) is 23.6.